The molecule has 2 aromatic heterocycles. The van der Waals surface area contributed by atoms with Gasteiger partial charge in [0.1, 0.15) is 56.8 Å². The first-order valence-corrected chi connectivity index (χ1v) is 23.0. The highest BCUT2D eigenvalue weighted by atomic mass is 31.1. The van der Waals surface area contributed by atoms with Crippen LogP contribution in [0.5, 0.6) is 34.5 Å². The van der Waals surface area contributed by atoms with Gasteiger partial charge in [-0.05, 0) is 148 Å². The Morgan fingerprint density at radius 2 is 0.677 bits per heavy atom. The van der Waals surface area contributed by atoms with Crippen molar-refractivity contribution >= 4 is 59.9 Å². The molecule has 0 saturated carbocycles. The van der Waals surface area contributed by atoms with Crippen LogP contribution >= 0.6 is 16.0 Å². The molecule has 6 aromatic carbocycles. The Morgan fingerprint density at radius 1 is 0.387 bits per heavy atom. The zero-order valence-electron chi connectivity index (χ0n) is 36.7. The highest BCUT2D eigenvalue weighted by molar-refractivity contribution is 7.47. The summed E-state index contributed by atoms with van der Waals surface area (Å²) in [5.74, 6) is 4.24. The number of aryl methyl sites for hydroxylation is 6. The fourth-order valence-corrected chi connectivity index (χ4v) is 12.0. The topological polar surface area (TPSA) is 108 Å². The second-order valence-electron chi connectivity index (χ2n) is 15.8. The Bertz CT molecular complexity index is 2810. The van der Waals surface area contributed by atoms with E-state index in [0.717, 1.165) is 89.5 Å². The number of fused-ring (bicyclic) bond motifs is 9. The van der Waals surface area contributed by atoms with Gasteiger partial charge in [0.2, 0.25) is 0 Å². The van der Waals surface area contributed by atoms with Crippen molar-refractivity contribution in [3.63, 3.8) is 0 Å². The van der Waals surface area contributed by atoms with Crippen molar-refractivity contribution in [2.24, 2.45) is 0 Å². The zero-order valence-corrected chi connectivity index (χ0v) is 38.5. The largest absolute Gasteiger partial charge is 0.497 e. The highest BCUT2D eigenvalue weighted by Gasteiger charge is 2.30. The molecule has 0 amide bonds. The number of ether oxygens (including phenoxy) is 6. The first kappa shape index (κ1) is 41.3. The summed E-state index contributed by atoms with van der Waals surface area (Å²) in [4.78, 5) is 0. The van der Waals surface area contributed by atoms with E-state index in [-0.39, 0.29) is 0 Å². The van der Waals surface area contributed by atoms with Crippen LogP contribution in [0, 0.1) is 41.5 Å². The number of hydrogen-bond donors (Lipinski definition) is 0. The van der Waals surface area contributed by atoms with E-state index in [2.05, 4.69) is 26.0 Å². The fourth-order valence-electron chi connectivity index (χ4n) is 8.39. The predicted molar refractivity (Wildman–Crippen MR) is 249 cm³/mol. The Hall–Kier alpha value is -6.08. The molecule has 8 aromatic rings. The molecule has 1 aliphatic rings. The average Bonchev–Trinajstić information content (AvgIpc) is 3.54. The summed E-state index contributed by atoms with van der Waals surface area (Å²) in [6, 6.07) is 24.2. The van der Waals surface area contributed by atoms with Crippen LogP contribution in [0.3, 0.4) is 0 Å². The number of methoxy groups -OCH3 is 4. The normalized spacial score (nSPS) is 12.7. The Labute approximate surface area is 362 Å². The van der Waals surface area contributed by atoms with Crippen LogP contribution in [0.1, 0.15) is 46.2 Å². The molecule has 1 aliphatic heterocycles. The molecule has 0 atom stereocenters. The smallest absolute Gasteiger partial charge is 0.253 e. The molecule has 320 valence electrons. The van der Waals surface area contributed by atoms with Crippen LogP contribution in [0.25, 0.3) is 65.6 Å². The molecule has 0 fully saturated rings. The highest BCUT2D eigenvalue weighted by Crippen LogP contribution is 2.60. The first-order chi connectivity index (χ1) is 30.0. The van der Waals surface area contributed by atoms with Crippen LogP contribution in [-0.2, 0) is 0 Å². The third kappa shape index (κ3) is 7.19. The summed E-state index contributed by atoms with van der Waals surface area (Å²) in [6.45, 7) is 13.3. The van der Waals surface area contributed by atoms with Gasteiger partial charge < -0.3 is 45.2 Å². The molecule has 9 rings (SSSR count). The molecule has 3 heterocycles. The van der Waals surface area contributed by atoms with Crippen LogP contribution in [-0.4, -0.2) is 41.7 Å². The van der Waals surface area contributed by atoms with E-state index in [4.69, 9.17) is 45.2 Å². The van der Waals surface area contributed by atoms with Crippen molar-refractivity contribution in [3.05, 3.63) is 106 Å². The lowest BCUT2D eigenvalue weighted by Gasteiger charge is -2.23. The van der Waals surface area contributed by atoms with Crippen LogP contribution in [0.2, 0.25) is 0 Å². The molecule has 62 heavy (non-hydrogen) atoms. The molecule has 10 nitrogen and oxygen atoms in total. The maximum absolute atomic E-state index is 7.25. The van der Waals surface area contributed by atoms with E-state index in [1.54, 1.807) is 28.4 Å². The second-order valence-corrected chi connectivity index (χ2v) is 18.4. The molecule has 0 aliphatic carbocycles. The van der Waals surface area contributed by atoms with E-state index >= 15 is 0 Å². The van der Waals surface area contributed by atoms with E-state index in [1.165, 1.54) is 0 Å². The van der Waals surface area contributed by atoms with Crippen LogP contribution in [0.4, 0.5) is 0 Å². The Morgan fingerprint density at radius 3 is 0.952 bits per heavy atom. The summed E-state index contributed by atoms with van der Waals surface area (Å²) >= 11 is 0. The van der Waals surface area contributed by atoms with Crippen molar-refractivity contribution in [2.75, 3.05) is 41.7 Å². The lowest BCUT2D eigenvalue weighted by atomic mass is 9.98. The summed E-state index contributed by atoms with van der Waals surface area (Å²) in [5, 5.41) is 5.11. The number of rotatable bonds is 6. The van der Waals surface area contributed by atoms with Gasteiger partial charge >= 0.3 is 0 Å². The monoisotopic (exact) mass is 872 g/mol. The maximum atomic E-state index is 7.25. The van der Waals surface area contributed by atoms with Crippen molar-refractivity contribution in [3.8, 4) is 56.2 Å². The zero-order chi connectivity index (χ0) is 43.4. The Kier molecular flexibility index (Phi) is 11.1. The Balaban J connectivity index is 1.46. The summed E-state index contributed by atoms with van der Waals surface area (Å²) in [5.41, 5.74) is 9.99. The first-order valence-electron chi connectivity index (χ1n) is 20.6. The van der Waals surface area contributed by atoms with Crippen LogP contribution < -0.4 is 28.4 Å². The van der Waals surface area contributed by atoms with Crippen molar-refractivity contribution in [1.29, 1.82) is 0 Å². The van der Waals surface area contributed by atoms with Gasteiger partial charge in [-0.25, -0.2) is 0 Å². The van der Waals surface area contributed by atoms with Crippen molar-refractivity contribution in [1.82, 2.24) is 0 Å². The number of benzene rings is 6. The van der Waals surface area contributed by atoms with Crippen molar-refractivity contribution < 1.29 is 45.2 Å². The van der Waals surface area contributed by atoms with E-state index < -0.39 is 16.0 Å². The standard InChI is InChI=1S/C50H50O10P2/c1-27-13-15-41-43(49(27)61-57-45-29(3)19-33(51-7)23-37(45)38-24-34(52-8)20-30(4)46(38)58-61)44-42(56-18-12-11-17-55-41)16-14-28(2)50(44)62-59-47-31(5)21-35(53-9)25-39(47)40-26-36(54-10)22-32(6)48(40)60-62/h13-16,19-26H,11-12,17-18H2,1-10H3. The lowest BCUT2D eigenvalue weighted by molar-refractivity contribution is 0.264. The molecule has 0 unspecified atom stereocenters. The maximum Gasteiger partial charge on any atom is 0.253 e. The minimum Gasteiger partial charge on any atom is -0.497 e. The third-order valence-corrected chi connectivity index (χ3v) is 14.8. The van der Waals surface area contributed by atoms with Gasteiger partial charge in [0.15, 0.2) is 0 Å². The van der Waals surface area contributed by atoms with Crippen LogP contribution in [0.15, 0.2) is 89.6 Å². The van der Waals surface area contributed by atoms with Gasteiger partial charge in [-0.15, -0.1) is 0 Å². The number of hydrogen-bond acceptors (Lipinski definition) is 10. The lowest BCUT2D eigenvalue weighted by Crippen LogP contribution is -2.07. The van der Waals surface area contributed by atoms with Gasteiger partial charge in [-0.2, -0.15) is 0 Å². The van der Waals surface area contributed by atoms with Crippen molar-refractivity contribution in [2.45, 2.75) is 54.4 Å². The minimum atomic E-state index is -1.89. The molecule has 0 N–H and O–H groups in total. The van der Waals surface area contributed by atoms with E-state index in [0.29, 0.717) is 70.0 Å². The summed E-state index contributed by atoms with van der Waals surface area (Å²) in [7, 11) is 2.90. The third-order valence-electron chi connectivity index (χ3n) is 11.6. The predicted octanol–water partition coefficient (Wildman–Crippen LogP) is 15.0. The van der Waals surface area contributed by atoms with E-state index in [9.17, 15) is 0 Å². The summed E-state index contributed by atoms with van der Waals surface area (Å²) < 4.78 is 65.7. The van der Waals surface area contributed by atoms with Gasteiger partial charge in [0.25, 0.3) is 16.0 Å². The molecule has 12 heteroatoms. The second kappa shape index (κ2) is 16.7. The van der Waals surface area contributed by atoms with Gasteiger partial charge in [-0.1, -0.05) is 12.1 Å². The molecule has 0 bridgehead atoms. The van der Waals surface area contributed by atoms with E-state index in [1.807, 2.05) is 88.4 Å². The fraction of sp³-hybridized carbons (Fsp3) is 0.280. The minimum absolute atomic E-state index is 0.503. The van der Waals surface area contributed by atoms with Gasteiger partial charge in [0.05, 0.1) is 52.3 Å². The molecular formula is C50H50O10P2. The summed E-state index contributed by atoms with van der Waals surface area (Å²) in [6.07, 6.45) is 1.64. The van der Waals surface area contributed by atoms with Gasteiger partial charge in [-0.3, -0.25) is 0 Å². The average molecular weight is 873 g/mol. The van der Waals surface area contributed by atoms with Gasteiger partial charge in [0, 0.05) is 32.7 Å². The quantitative estimate of drug-likeness (QED) is 0.160. The molecule has 0 saturated heterocycles. The SMILES string of the molecule is COc1cc(C)c2op(-c3c(C)ccc4c3-c3c(ccc(C)c3-p3oc5c(C)cc(OC)cc5c5cc(OC)cc(C)c5o3)OCCCCO4)oc3c(C)cc(OC)cc3c2c1. The molecule has 0 radical (unpaired) electrons. The molecule has 0 spiro atoms. The molecular weight excluding hydrogens is 822 g/mol.